The van der Waals surface area contributed by atoms with E-state index in [-0.39, 0.29) is 5.92 Å². The Morgan fingerprint density at radius 1 is 1.44 bits per heavy atom. The van der Waals surface area contributed by atoms with Gasteiger partial charge in [-0.3, -0.25) is 0 Å². The van der Waals surface area contributed by atoms with Gasteiger partial charge in [-0.25, -0.2) is 0 Å². The summed E-state index contributed by atoms with van der Waals surface area (Å²) in [5.41, 5.74) is 7.23. The summed E-state index contributed by atoms with van der Waals surface area (Å²) >= 11 is 1.62. The zero-order valence-electron chi connectivity index (χ0n) is 10.4. The van der Waals surface area contributed by atoms with Gasteiger partial charge in [0.05, 0.1) is 5.60 Å². The first-order chi connectivity index (χ1) is 7.33. The average molecular weight is 239 g/mol. The molecule has 3 N–H and O–H groups in total. The molecule has 0 aromatic heterocycles. The van der Waals surface area contributed by atoms with Crippen LogP contribution in [-0.2, 0) is 0 Å². The fraction of sp³-hybridized carbons (Fsp3) is 0.538. The molecule has 0 aliphatic heterocycles. The largest absolute Gasteiger partial charge is 0.398 e. The van der Waals surface area contributed by atoms with Crippen LogP contribution in [0.15, 0.2) is 23.1 Å². The average Bonchev–Trinajstić information content (AvgIpc) is 2.16. The molecule has 1 rings (SSSR count). The maximum Gasteiger partial charge on any atom is 0.0736 e. The molecule has 0 spiro atoms. The van der Waals surface area contributed by atoms with Crippen molar-refractivity contribution >= 4 is 17.4 Å². The maximum absolute atomic E-state index is 10.1. The third-order valence-electron chi connectivity index (χ3n) is 2.93. The smallest absolute Gasteiger partial charge is 0.0736 e. The maximum atomic E-state index is 10.1. The fourth-order valence-electron chi connectivity index (χ4n) is 1.19. The third-order valence-corrected chi connectivity index (χ3v) is 4.34. The minimum atomic E-state index is -0.651. The fourth-order valence-corrected chi connectivity index (χ4v) is 2.36. The lowest BCUT2D eigenvalue weighted by molar-refractivity contribution is 0.0376. The lowest BCUT2D eigenvalue weighted by atomic mass is 9.95. The standard InChI is InChI=1S/C13H21NOS/c1-9(2)13(4,15)8-16-12-6-5-10(3)7-11(12)14/h5-7,9,15H,8,14H2,1-4H3. The predicted octanol–water partition coefficient (Wildman–Crippen LogP) is 3.08. The molecule has 0 saturated carbocycles. The van der Waals surface area contributed by atoms with Crippen molar-refractivity contribution in [1.29, 1.82) is 0 Å². The molecule has 0 aliphatic carbocycles. The van der Waals surface area contributed by atoms with Crippen LogP contribution < -0.4 is 5.73 Å². The van der Waals surface area contributed by atoms with E-state index in [1.54, 1.807) is 11.8 Å². The van der Waals surface area contributed by atoms with Gasteiger partial charge in [-0.15, -0.1) is 11.8 Å². The van der Waals surface area contributed by atoms with Crippen LogP contribution in [-0.4, -0.2) is 16.5 Å². The third kappa shape index (κ3) is 3.42. The van der Waals surface area contributed by atoms with Gasteiger partial charge >= 0.3 is 0 Å². The molecule has 0 radical (unpaired) electrons. The van der Waals surface area contributed by atoms with Crippen molar-refractivity contribution in [2.45, 2.75) is 38.2 Å². The van der Waals surface area contributed by atoms with Crippen LogP contribution in [0.4, 0.5) is 5.69 Å². The summed E-state index contributed by atoms with van der Waals surface area (Å²) in [6, 6.07) is 6.03. The van der Waals surface area contributed by atoms with Gasteiger partial charge in [0, 0.05) is 16.3 Å². The normalized spacial score (nSPS) is 15.1. The van der Waals surface area contributed by atoms with Crippen molar-refractivity contribution in [2.24, 2.45) is 5.92 Å². The highest BCUT2D eigenvalue weighted by Gasteiger charge is 2.25. The predicted molar refractivity (Wildman–Crippen MR) is 71.8 cm³/mol. The van der Waals surface area contributed by atoms with E-state index in [0.29, 0.717) is 5.75 Å². The quantitative estimate of drug-likeness (QED) is 0.627. The molecule has 0 heterocycles. The summed E-state index contributed by atoms with van der Waals surface area (Å²) in [5, 5.41) is 10.1. The van der Waals surface area contributed by atoms with Gasteiger partial charge in [0.15, 0.2) is 0 Å². The van der Waals surface area contributed by atoms with Crippen LogP contribution in [0.2, 0.25) is 0 Å². The molecule has 2 nitrogen and oxygen atoms in total. The van der Waals surface area contributed by atoms with Crippen LogP contribution in [0.5, 0.6) is 0 Å². The number of hydrogen-bond donors (Lipinski definition) is 2. The van der Waals surface area contributed by atoms with Gasteiger partial charge in [0.25, 0.3) is 0 Å². The number of nitrogens with two attached hydrogens (primary N) is 1. The monoisotopic (exact) mass is 239 g/mol. The second kappa shape index (κ2) is 5.11. The molecular weight excluding hydrogens is 218 g/mol. The van der Waals surface area contributed by atoms with Crippen LogP contribution in [0.3, 0.4) is 0 Å². The molecular formula is C13H21NOS. The zero-order chi connectivity index (χ0) is 12.3. The summed E-state index contributed by atoms with van der Waals surface area (Å²) < 4.78 is 0. The number of rotatable bonds is 4. The highest BCUT2D eigenvalue weighted by molar-refractivity contribution is 7.99. The van der Waals surface area contributed by atoms with E-state index in [9.17, 15) is 5.11 Å². The highest BCUT2D eigenvalue weighted by Crippen LogP contribution is 2.30. The van der Waals surface area contributed by atoms with E-state index in [1.165, 1.54) is 0 Å². The lowest BCUT2D eigenvalue weighted by Gasteiger charge is -2.27. The Morgan fingerprint density at radius 2 is 2.06 bits per heavy atom. The van der Waals surface area contributed by atoms with Gasteiger partial charge in [-0.1, -0.05) is 19.9 Å². The van der Waals surface area contributed by atoms with Crippen molar-refractivity contribution in [1.82, 2.24) is 0 Å². The molecule has 1 aromatic rings. The first-order valence-electron chi connectivity index (χ1n) is 5.54. The first-order valence-corrected chi connectivity index (χ1v) is 6.53. The number of anilines is 1. The van der Waals surface area contributed by atoms with E-state index < -0.39 is 5.60 Å². The number of thioether (sulfide) groups is 1. The Kier molecular flexibility index (Phi) is 4.28. The SMILES string of the molecule is Cc1ccc(SCC(C)(O)C(C)C)c(N)c1. The van der Waals surface area contributed by atoms with Crippen molar-refractivity contribution in [3.8, 4) is 0 Å². The summed E-state index contributed by atoms with van der Waals surface area (Å²) in [6.07, 6.45) is 0. The van der Waals surface area contributed by atoms with E-state index in [0.717, 1.165) is 16.1 Å². The Morgan fingerprint density at radius 3 is 2.56 bits per heavy atom. The molecule has 1 aromatic carbocycles. The van der Waals surface area contributed by atoms with E-state index >= 15 is 0 Å². The number of nitrogen functional groups attached to an aromatic ring is 1. The van der Waals surface area contributed by atoms with Gasteiger partial charge < -0.3 is 10.8 Å². The summed E-state index contributed by atoms with van der Waals surface area (Å²) in [4.78, 5) is 1.05. The summed E-state index contributed by atoms with van der Waals surface area (Å²) in [6.45, 7) is 7.95. The molecule has 0 bridgehead atoms. The van der Waals surface area contributed by atoms with Crippen molar-refractivity contribution in [3.05, 3.63) is 23.8 Å². The van der Waals surface area contributed by atoms with Gasteiger partial charge in [0.2, 0.25) is 0 Å². The molecule has 1 atom stereocenters. The zero-order valence-corrected chi connectivity index (χ0v) is 11.3. The molecule has 1 unspecified atom stereocenters. The minimum absolute atomic E-state index is 0.242. The van der Waals surface area contributed by atoms with Crippen molar-refractivity contribution in [2.75, 3.05) is 11.5 Å². The number of aliphatic hydroxyl groups is 1. The number of aryl methyl sites for hydroxylation is 1. The van der Waals surface area contributed by atoms with Gasteiger partial charge in [-0.05, 0) is 37.5 Å². The lowest BCUT2D eigenvalue weighted by Crippen LogP contribution is -2.33. The number of hydrogen-bond acceptors (Lipinski definition) is 3. The Labute approximate surface area is 102 Å². The molecule has 16 heavy (non-hydrogen) atoms. The minimum Gasteiger partial charge on any atom is -0.398 e. The van der Waals surface area contributed by atoms with E-state index in [2.05, 4.69) is 0 Å². The van der Waals surface area contributed by atoms with Crippen molar-refractivity contribution in [3.63, 3.8) is 0 Å². The summed E-state index contributed by atoms with van der Waals surface area (Å²) in [7, 11) is 0. The molecule has 90 valence electrons. The Bertz CT molecular complexity index is 361. The van der Waals surface area contributed by atoms with Gasteiger partial charge in [0.1, 0.15) is 0 Å². The van der Waals surface area contributed by atoms with Crippen LogP contribution in [0.25, 0.3) is 0 Å². The topological polar surface area (TPSA) is 46.2 Å². The highest BCUT2D eigenvalue weighted by atomic mass is 32.2. The Hall–Kier alpha value is -0.670. The van der Waals surface area contributed by atoms with Crippen LogP contribution >= 0.6 is 11.8 Å². The van der Waals surface area contributed by atoms with E-state index in [1.807, 2.05) is 45.9 Å². The molecule has 0 fully saturated rings. The second-order valence-electron chi connectivity index (χ2n) is 4.84. The molecule has 0 saturated heterocycles. The van der Waals surface area contributed by atoms with Crippen LogP contribution in [0.1, 0.15) is 26.3 Å². The summed E-state index contributed by atoms with van der Waals surface area (Å²) in [5.74, 6) is 0.907. The first kappa shape index (κ1) is 13.4. The van der Waals surface area contributed by atoms with Crippen molar-refractivity contribution < 1.29 is 5.11 Å². The second-order valence-corrected chi connectivity index (χ2v) is 5.86. The van der Waals surface area contributed by atoms with Gasteiger partial charge in [-0.2, -0.15) is 0 Å². The van der Waals surface area contributed by atoms with Crippen LogP contribution in [0, 0.1) is 12.8 Å². The molecule has 0 amide bonds. The molecule has 0 aliphatic rings. The Balaban J connectivity index is 2.68. The number of benzene rings is 1. The van der Waals surface area contributed by atoms with E-state index in [4.69, 9.17) is 5.73 Å². The molecule has 3 heteroatoms.